The SMILES string of the molecule is C=C/C=C\C(=C/C)c1nc(/C(C=C)=C/C=C\C)nc(-c2nc(-c3nc(-c4ccccc4)nc(-c4ccccc4)n3)nc3c2oc2ccc(-c4cccc5c4c4ccccc4n5-c4ccccc4)cc23)n1. The van der Waals surface area contributed by atoms with E-state index in [0.717, 1.165) is 60.7 Å². The van der Waals surface area contributed by atoms with Crippen LogP contribution in [0.1, 0.15) is 25.5 Å². The second kappa shape index (κ2) is 18.6. The number of para-hydroxylation sites is 2. The molecule has 0 amide bonds. The highest BCUT2D eigenvalue weighted by molar-refractivity contribution is 6.17. The largest absolute Gasteiger partial charge is 0.452 e. The van der Waals surface area contributed by atoms with E-state index in [1.165, 1.54) is 0 Å². The maximum absolute atomic E-state index is 6.84. The fourth-order valence-electron chi connectivity index (χ4n) is 8.73. The van der Waals surface area contributed by atoms with Crippen molar-refractivity contribution >= 4 is 55.0 Å². The minimum absolute atomic E-state index is 0.232. The van der Waals surface area contributed by atoms with Gasteiger partial charge in [0.15, 0.2) is 46.2 Å². The minimum Gasteiger partial charge on any atom is -0.452 e. The molecule has 0 unspecified atom stereocenters. The molecule has 0 N–H and O–H groups in total. The quantitative estimate of drug-likeness (QED) is 0.110. The van der Waals surface area contributed by atoms with Gasteiger partial charge in [0.2, 0.25) is 5.82 Å². The van der Waals surface area contributed by atoms with E-state index in [1.807, 2.05) is 123 Å². The molecule has 0 radical (unpaired) electrons. The number of furan rings is 1. The lowest BCUT2D eigenvalue weighted by atomic mass is 9.98. The van der Waals surface area contributed by atoms with Crippen LogP contribution >= 0.6 is 0 Å². The Morgan fingerprint density at radius 1 is 0.529 bits per heavy atom. The molecule has 0 aliphatic carbocycles. The lowest BCUT2D eigenvalue weighted by Crippen LogP contribution is -2.07. The summed E-state index contributed by atoms with van der Waals surface area (Å²) in [5.74, 6) is 2.50. The molecular formula is C60H43N9O. The first-order valence-electron chi connectivity index (χ1n) is 22.9. The van der Waals surface area contributed by atoms with Gasteiger partial charge in [0.05, 0.1) is 11.0 Å². The number of fused-ring (bicyclic) bond motifs is 6. The summed E-state index contributed by atoms with van der Waals surface area (Å²) in [5, 5.41) is 3.04. The molecule has 334 valence electrons. The van der Waals surface area contributed by atoms with Crippen LogP contribution in [0.15, 0.2) is 218 Å². The molecule has 11 aromatic rings. The van der Waals surface area contributed by atoms with Crippen molar-refractivity contribution in [3.8, 4) is 62.8 Å². The van der Waals surface area contributed by atoms with E-state index in [2.05, 4.69) is 96.6 Å². The van der Waals surface area contributed by atoms with E-state index in [4.69, 9.17) is 44.3 Å². The summed E-state index contributed by atoms with van der Waals surface area (Å²) in [6.45, 7) is 11.9. The van der Waals surface area contributed by atoms with Gasteiger partial charge < -0.3 is 8.98 Å². The summed E-state index contributed by atoms with van der Waals surface area (Å²) in [6.07, 6.45) is 14.9. The van der Waals surface area contributed by atoms with Crippen molar-refractivity contribution in [2.45, 2.75) is 13.8 Å². The van der Waals surface area contributed by atoms with Gasteiger partial charge in [0, 0.05) is 44.1 Å². The minimum atomic E-state index is 0.232. The number of aromatic nitrogens is 9. The molecule has 10 nitrogen and oxygen atoms in total. The van der Waals surface area contributed by atoms with Crippen LogP contribution in [-0.4, -0.2) is 44.4 Å². The first-order valence-corrected chi connectivity index (χ1v) is 22.9. The number of benzene rings is 6. The van der Waals surface area contributed by atoms with Gasteiger partial charge in [0.1, 0.15) is 11.1 Å². The average molecular weight is 906 g/mol. The summed E-state index contributed by atoms with van der Waals surface area (Å²) in [4.78, 5) is 40.8. The molecule has 0 aliphatic rings. The summed E-state index contributed by atoms with van der Waals surface area (Å²) in [6, 6.07) is 51.3. The number of allylic oxidation sites excluding steroid dienone is 10. The Morgan fingerprint density at radius 3 is 1.86 bits per heavy atom. The van der Waals surface area contributed by atoms with Crippen molar-refractivity contribution in [3.05, 3.63) is 225 Å². The number of hydrogen-bond donors (Lipinski definition) is 0. The summed E-state index contributed by atoms with van der Waals surface area (Å²) in [5.41, 5.74) is 10.3. The second-order valence-corrected chi connectivity index (χ2v) is 16.3. The zero-order valence-corrected chi connectivity index (χ0v) is 38.4. The van der Waals surface area contributed by atoms with Crippen molar-refractivity contribution in [1.82, 2.24) is 44.4 Å². The molecule has 0 saturated heterocycles. The van der Waals surface area contributed by atoms with Crippen LogP contribution in [0.2, 0.25) is 0 Å². The van der Waals surface area contributed by atoms with Crippen LogP contribution < -0.4 is 0 Å². The molecule has 0 spiro atoms. The Kier molecular flexibility index (Phi) is 11.5. The van der Waals surface area contributed by atoms with Crippen molar-refractivity contribution in [1.29, 1.82) is 0 Å². The topological polar surface area (TPSA) is 121 Å². The van der Waals surface area contributed by atoms with Crippen LogP contribution in [0.25, 0.3) is 118 Å². The van der Waals surface area contributed by atoms with Crippen molar-refractivity contribution in [3.63, 3.8) is 0 Å². The van der Waals surface area contributed by atoms with Crippen LogP contribution in [0.4, 0.5) is 0 Å². The first kappa shape index (κ1) is 43.1. The highest BCUT2D eigenvalue weighted by atomic mass is 16.3. The van der Waals surface area contributed by atoms with Crippen molar-refractivity contribution < 1.29 is 4.42 Å². The monoisotopic (exact) mass is 905 g/mol. The van der Waals surface area contributed by atoms with Crippen LogP contribution in [0, 0.1) is 0 Å². The molecule has 0 bridgehead atoms. The number of rotatable bonds is 12. The molecule has 10 heteroatoms. The smallest absolute Gasteiger partial charge is 0.201 e. The Balaban J connectivity index is 1.21. The molecule has 6 aromatic carbocycles. The van der Waals surface area contributed by atoms with Gasteiger partial charge in [-0.3, -0.25) is 0 Å². The van der Waals surface area contributed by atoms with E-state index in [1.54, 1.807) is 12.2 Å². The lowest BCUT2D eigenvalue weighted by Gasteiger charge is -2.11. The fourth-order valence-corrected chi connectivity index (χ4v) is 8.73. The maximum atomic E-state index is 6.84. The van der Waals surface area contributed by atoms with Gasteiger partial charge in [-0.05, 0) is 61.4 Å². The van der Waals surface area contributed by atoms with Gasteiger partial charge in [-0.25, -0.2) is 39.9 Å². The Hall–Kier alpha value is -9.54. The normalized spacial score (nSPS) is 12.3. The highest BCUT2D eigenvalue weighted by Crippen LogP contribution is 2.42. The van der Waals surface area contributed by atoms with Crippen LogP contribution in [0.3, 0.4) is 0 Å². The molecule has 5 heterocycles. The molecule has 0 aliphatic heterocycles. The zero-order chi connectivity index (χ0) is 47.6. The van der Waals surface area contributed by atoms with Gasteiger partial charge in [-0.15, -0.1) is 0 Å². The maximum Gasteiger partial charge on any atom is 0.201 e. The predicted octanol–water partition coefficient (Wildman–Crippen LogP) is 14.5. The Bertz CT molecular complexity index is 3880. The fraction of sp³-hybridized carbons (Fsp3) is 0.0333. The Labute approximate surface area is 403 Å². The van der Waals surface area contributed by atoms with Crippen LogP contribution in [-0.2, 0) is 0 Å². The molecule has 0 atom stereocenters. The molecule has 70 heavy (non-hydrogen) atoms. The van der Waals surface area contributed by atoms with Gasteiger partial charge in [0.25, 0.3) is 0 Å². The van der Waals surface area contributed by atoms with E-state index in [-0.39, 0.29) is 17.5 Å². The predicted molar refractivity (Wildman–Crippen MR) is 284 cm³/mol. The Morgan fingerprint density at radius 2 is 1.17 bits per heavy atom. The second-order valence-electron chi connectivity index (χ2n) is 16.3. The third kappa shape index (κ3) is 7.88. The first-order chi connectivity index (χ1) is 34.5. The van der Waals surface area contributed by atoms with Crippen LogP contribution in [0.5, 0.6) is 0 Å². The highest BCUT2D eigenvalue weighted by Gasteiger charge is 2.25. The zero-order valence-electron chi connectivity index (χ0n) is 38.4. The molecule has 5 aromatic heterocycles. The third-order valence-electron chi connectivity index (χ3n) is 12.0. The molecule has 0 fully saturated rings. The van der Waals surface area contributed by atoms with E-state index >= 15 is 0 Å². The standard InChI is InChI=1S/C60H43N9O/c1-5-9-23-38(7-3)54-63-55(39(8-4)24-10-6-2)66-58(65-54)52-53-51(61-59(62-52)60-67-56(40-25-14-11-15-26-40)64-57(68-60)41-27-16-12-17-28-41)46-37-42(35-36-49(46)70-53)44-32-22-34-48-50(44)45-31-20-21-33-47(45)69(48)43-29-18-13-19-30-43/h5-37H,1,4H2,2-3H3/b10-6-,23-9-,38-7+,39-24+. The van der Waals surface area contributed by atoms with Gasteiger partial charge >= 0.3 is 0 Å². The molecule has 0 saturated carbocycles. The summed E-state index contributed by atoms with van der Waals surface area (Å²) >= 11 is 0. The summed E-state index contributed by atoms with van der Waals surface area (Å²) in [7, 11) is 0. The van der Waals surface area contributed by atoms with E-state index in [0.29, 0.717) is 51.2 Å². The van der Waals surface area contributed by atoms with E-state index in [9.17, 15) is 0 Å². The number of nitrogens with zero attached hydrogens (tertiary/aromatic N) is 9. The third-order valence-corrected chi connectivity index (χ3v) is 12.0. The molecular weight excluding hydrogens is 863 g/mol. The summed E-state index contributed by atoms with van der Waals surface area (Å²) < 4.78 is 9.16. The molecule has 11 rings (SSSR count). The van der Waals surface area contributed by atoms with Gasteiger partial charge in [-0.1, -0.05) is 177 Å². The van der Waals surface area contributed by atoms with Crippen molar-refractivity contribution in [2.24, 2.45) is 0 Å². The average Bonchev–Trinajstić information content (AvgIpc) is 3.97. The van der Waals surface area contributed by atoms with E-state index < -0.39 is 0 Å². The van der Waals surface area contributed by atoms with Crippen molar-refractivity contribution in [2.75, 3.05) is 0 Å². The van der Waals surface area contributed by atoms with Gasteiger partial charge in [-0.2, -0.15) is 0 Å². The number of hydrogen-bond acceptors (Lipinski definition) is 9. The lowest BCUT2D eigenvalue weighted by molar-refractivity contribution is 0.666.